The van der Waals surface area contributed by atoms with Crippen molar-refractivity contribution in [1.29, 1.82) is 0 Å². The van der Waals surface area contributed by atoms with Crippen molar-refractivity contribution in [2.24, 2.45) is 11.3 Å². The van der Waals surface area contributed by atoms with Crippen LogP contribution in [0, 0.1) is 25.2 Å². The minimum Gasteiger partial charge on any atom is -0.319 e. The van der Waals surface area contributed by atoms with Crippen molar-refractivity contribution in [1.82, 2.24) is 5.32 Å². The largest absolute Gasteiger partial charge is 0.319 e. The van der Waals surface area contributed by atoms with Crippen molar-refractivity contribution in [2.75, 3.05) is 13.6 Å². The molecule has 0 spiro atoms. The molecule has 0 aromatic heterocycles. The first-order chi connectivity index (χ1) is 8.78. The van der Waals surface area contributed by atoms with E-state index < -0.39 is 0 Å². The molecule has 1 aromatic carbocycles. The molecule has 1 aliphatic rings. The summed E-state index contributed by atoms with van der Waals surface area (Å²) in [6.45, 7) is 12.7. The van der Waals surface area contributed by atoms with Gasteiger partial charge in [0.15, 0.2) is 0 Å². The average molecular weight is 259 g/mol. The van der Waals surface area contributed by atoms with Crippen LogP contribution in [0.1, 0.15) is 50.3 Å². The summed E-state index contributed by atoms with van der Waals surface area (Å²) in [6.07, 6.45) is 2.64. The highest BCUT2D eigenvalue weighted by Gasteiger charge is 2.48. The molecule has 0 atom stereocenters. The van der Waals surface area contributed by atoms with E-state index in [1.54, 1.807) is 0 Å². The Labute approximate surface area is 118 Å². The molecule has 2 rings (SSSR count). The highest BCUT2D eigenvalue weighted by atomic mass is 14.8. The number of rotatable bonds is 3. The predicted molar refractivity (Wildman–Crippen MR) is 83.7 cm³/mol. The lowest BCUT2D eigenvalue weighted by atomic mass is 9.52. The second-order valence-corrected chi connectivity index (χ2v) is 7.58. The summed E-state index contributed by atoms with van der Waals surface area (Å²) in [4.78, 5) is 0. The topological polar surface area (TPSA) is 12.0 Å². The van der Waals surface area contributed by atoms with Crippen LogP contribution in [0.15, 0.2) is 18.2 Å². The van der Waals surface area contributed by atoms with Gasteiger partial charge in [-0.3, -0.25) is 0 Å². The van der Waals surface area contributed by atoms with Crippen LogP contribution in [0.5, 0.6) is 0 Å². The standard InChI is InChI=1S/C18H29N/c1-13-7-8-15(9-14(13)2)18(12-19-6)10-16(11-18)17(3,4)5/h7-9,16,19H,10-12H2,1-6H3. The fraction of sp³-hybridized carbons (Fsp3) is 0.667. The highest BCUT2D eigenvalue weighted by Crippen LogP contribution is 2.54. The molecule has 0 saturated heterocycles. The van der Waals surface area contributed by atoms with E-state index in [4.69, 9.17) is 0 Å². The highest BCUT2D eigenvalue weighted by molar-refractivity contribution is 5.37. The van der Waals surface area contributed by atoms with E-state index in [1.807, 2.05) is 0 Å². The molecule has 0 aliphatic heterocycles. The lowest BCUT2D eigenvalue weighted by Gasteiger charge is -2.53. The van der Waals surface area contributed by atoms with Gasteiger partial charge >= 0.3 is 0 Å². The van der Waals surface area contributed by atoms with Gasteiger partial charge in [-0.2, -0.15) is 0 Å². The Morgan fingerprint density at radius 1 is 1.16 bits per heavy atom. The smallest absolute Gasteiger partial charge is 0.00834 e. The minimum atomic E-state index is 0.366. The quantitative estimate of drug-likeness (QED) is 0.857. The summed E-state index contributed by atoms with van der Waals surface area (Å²) < 4.78 is 0. The molecule has 19 heavy (non-hydrogen) atoms. The summed E-state index contributed by atoms with van der Waals surface area (Å²) in [5.41, 5.74) is 5.16. The molecule has 1 nitrogen and oxygen atoms in total. The molecular weight excluding hydrogens is 230 g/mol. The Morgan fingerprint density at radius 3 is 2.26 bits per heavy atom. The van der Waals surface area contributed by atoms with E-state index in [0.29, 0.717) is 10.8 Å². The molecule has 0 radical (unpaired) electrons. The third kappa shape index (κ3) is 2.72. The molecule has 0 amide bonds. The van der Waals surface area contributed by atoms with Gasteiger partial charge in [-0.05, 0) is 61.8 Å². The number of nitrogens with one attached hydrogen (secondary N) is 1. The molecule has 1 aliphatic carbocycles. The molecule has 1 fully saturated rings. The Kier molecular flexibility index (Phi) is 3.79. The zero-order valence-corrected chi connectivity index (χ0v) is 13.4. The predicted octanol–water partition coefficient (Wildman–Crippen LogP) is 4.22. The Morgan fingerprint density at radius 2 is 1.79 bits per heavy atom. The lowest BCUT2D eigenvalue weighted by molar-refractivity contribution is 0.0460. The van der Waals surface area contributed by atoms with Crippen LogP contribution < -0.4 is 5.32 Å². The molecule has 0 unspecified atom stereocenters. The zero-order chi connectivity index (χ0) is 14.3. The van der Waals surface area contributed by atoms with Crippen LogP contribution in [0.3, 0.4) is 0 Å². The van der Waals surface area contributed by atoms with Gasteiger partial charge < -0.3 is 5.32 Å². The van der Waals surface area contributed by atoms with Crippen molar-refractivity contribution in [3.05, 3.63) is 34.9 Å². The van der Waals surface area contributed by atoms with Crippen LogP contribution >= 0.6 is 0 Å². The lowest BCUT2D eigenvalue weighted by Crippen LogP contribution is -2.51. The number of hydrogen-bond donors (Lipinski definition) is 1. The molecule has 1 saturated carbocycles. The van der Waals surface area contributed by atoms with Crippen LogP contribution in [-0.2, 0) is 5.41 Å². The number of benzene rings is 1. The summed E-state index contributed by atoms with van der Waals surface area (Å²) >= 11 is 0. The molecule has 1 N–H and O–H groups in total. The Bertz CT molecular complexity index is 447. The van der Waals surface area contributed by atoms with Crippen LogP contribution in [0.2, 0.25) is 0 Å². The number of aryl methyl sites for hydroxylation is 2. The van der Waals surface area contributed by atoms with Gasteiger partial charge in [0.05, 0.1) is 0 Å². The molecule has 1 heteroatoms. The zero-order valence-electron chi connectivity index (χ0n) is 13.4. The van der Waals surface area contributed by atoms with Gasteiger partial charge in [0, 0.05) is 12.0 Å². The average Bonchev–Trinajstić information content (AvgIpc) is 2.25. The Hall–Kier alpha value is -0.820. The maximum Gasteiger partial charge on any atom is 0.00834 e. The van der Waals surface area contributed by atoms with Crippen molar-refractivity contribution >= 4 is 0 Å². The van der Waals surface area contributed by atoms with Crippen LogP contribution in [0.25, 0.3) is 0 Å². The van der Waals surface area contributed by atoms with Crippen molar-refractivity contribution < 1.29 is 0 Å². The van der Waals surface area contributed by atoms with Crippen molar-refractivity contribution in [3.63, 3.8) is 0 Å². The molecule has 0 heterocycles. The van der Waals surface area contributed by atoms with Crippen LogP contribution in [0.4, 0.5) is 0 Å². The second-order valence-electron chi connectivity index (χ2n) is 7.58. The number of likely N-dealkylation sites (N-methyl/N-ethyl adjacent to an activating group) is 1. The third-order valence-electron chi connectivity index (χ3n) is 5.13. The van der Waals surface area contributed by atoms with E-state index in [-0.39, 0.29) is 0 Å². The maximum absolute atomic E-state index is 3.42. The van der Waals surface area contributed by atoms with Gasteiger partial charge in [0.2, 0.25) is 0 Å². The van der Waals surface area contributed by atoms with Gasteiger partial charge in [-0.25, -0.2) is 0 Å². The molecular formula is C18H29N. The summed E-state index contributed by atoms with van der Waals surface area (Å²) in [5, 5.41) is 3.42. The van der Waals surface area contributed by atoms with Crippen molar-refractivity contribution in [2.45, 2.75) is 52.9 Å². The Balaban J connectivity index is 2.25. The minimum absolute atomic E-state index is 0.366. The van der Waals surface area contributed by atoms with E-state index in [1.165, 1.54) is 29.5 Å². The van der Waals surface area contributed by atoms with E-state index >= 15 is 0 Å². The molecule has 106 valence electrons. The first kappa shape index (κ1) is 14.6. The normalized spacial score (nSPS) is 27.2. The first-order valence-electron chi connectivity index (χ1n) is 7.51. The summed E-state index contributed by atoms with van der Waals surface area (Å²) in [6, 6.07) is 7.04. The van der Waals surface area contributed by atoms with E-state index in [0.717, 1.165) is 12.5 Å². The van der Waals surface area contributed by atoms with E-state index in [2.05, 4.69) is 65.2 Å². The molecule has 1 aromatic rings. The second kappa shape index (κ2) is 4.94. The van der Waals surface area contributed by atoms with Crippen LogP contribution in [-0.4, -0.2) is 13.6 Å². The van der Waals surface area contributed by atoms with E-state index in [9.17, 15) is 0 Å². The van der Waals surface area contributed by atoms with Crippen molar-refractivity contribution in [3.8, 4) is 0 Å². The van der Waals surface area contributed by atoms with Gasteiger partial charge in [-0.1, -0.05) is 39.0 Å². The summed E-state index contributed by atoms with van der Waals surface area (Å²) in [5.74, 6) is 0.849. The third-order valence-corrected chi connectivity index (χ3v) is 5.13. The molecule has 0 bridgehead atoms. The van der Waals surface area contributed by atoms with Gasteiger partial charge in [0.25, 0.3) is 0 Å². The first-order valence-corrected chi connectivity index (χ1v) is 7.51. The summed E-state index contributed by atoms with van der Waals surface area (Å²) in [7, 11) is 2.08. The SMILES string of the molecule is CNCC1(c2ccc(C)c(C)c2)CC(C(C)(C)C)C1. The number of hydrogen-bond acceptors (Lipinski definition) is 1. The fourth-order valence-corrected chi connectivity index (χ4v) is 3.39. The van der Waals surface area contributed by atoms with Gasteiger partial charge in [-0.15, -0.1) is 0 Å². The monoisotopic (exact) mass is 259 g/mol. The maximum atomic E-state index is 3.42. The van der Waals surface area contributed by atoms with Gasteiger partial charge in [0.1, 0.15) is 0 Å². The fourth-order valence-electron chi connectivity index (χ4n) is 3.39.